The fourth-order valence-electron chi connectivity index (χ4n) is 2.09. The Morgan fingerprint density at radius 1 is 1.29 bits per heavy atom. The first-order chi connectivity index (χ1) is 10.1. The number of hydrogen-bond donors (Lipinski definition) is 1. The SMILES string of the molecule is CC(CC(=O)N(N)c1ccc(Cl)cc1)Cc1ccccn1. The van der Waals surface area contributed by atoms with E-state index in [2.05, 4.69) is 4.98 Å². The Kier molecular flexibility index (Phi) is 5.31. The summed E-state index contributed by atoms with van der Waals surface area (Å²) in [5, 5.41) is 1.79. The predicted octanol–water partition coefficient (Wildman–Crippen LogP) is 3.21. The quantitative estimate of drug-likeness (QED) is 0.524. The standard InChI is InChI=1S/C16H18ClN3O/c1-12(10-14-4-2-3-9-19-14)11-16(21)20(18)15-7-5-13(17)6-8-15/h2-9,12H,10-11,18H2,1H3. The first kappa shape index (κ1) is 15.5. The lowest BCUT2D eigenvalue weighted by Gasteiger charge is -2.19. The zero-order valence-electron chi connectivity index (χ0n) is 11.9. The van der Waals surface area contributed by atoms with E-state index in [1.54, 1.807) is 30.5 Å². The molecular weight excluding hydrogens is 286 g/mol. The van der Waals surface area contributed by atoms with Gasteiger partial charge in [0.05, 0.1) is 5.69 Å². The molecule has 2 N–H and O–H groups in total. The van der Waals surface area contributed by atoms with Gasteiger partial charge in [-0.1, -0.05) is 24.6 Å². The van der Waals surface area contributed by atoms with Gasteiger partial charge in [0.25, 0.3) is 0 Å². The Labute approximate surface area is 129 Å². The van der Waals surface area contributed by atoms with Crippen LogP contribution in [0.25, 0.3) is 0 Å². The van der Waals surface area contributed by atoms with E-state index < -0.39 is 0 Å². The van der Waals surface area contributed by atoms with Gasteiger partial charge in [0.2, 0.25) is 5.91 Å². The second kappa shape index (κ2) is 7.20. The minimum Gasteiger partial charge on any atom is -0.273 e. The molecule has 110 valence electrons. The van der Waals surface area contributed by atoms with Crippen LogP contribution in [0.15, 0.2) is 48.7 Å². The van der Waals surface area contributed by atoms with E-state index >= 15 is 0 Å². The second-order valence-corrected chi connectivity index (χ2v) is 5.51. The molecule has 0 aliphatic rings. The lowest BCUT2D eigenvalue weighted by Crippen LogP contribution is -2.38. The Hall–Kier alpha value is -1.91. The number of hydrogen-bond acceptors (Lipinski definition) is 3. The molecular formula is C16H18ClN3O. The number of nitrogens with two attached hydrogens (primary N) is 1. The van der Waals surface area contributed by atoms with Gasteiger partial charge in [0.1, 0.15) is 0 Å². The third-order valence-electron chi connectivity index (χ3n) is 3.18. The number of rotatable bonds is 5. The van der Waals surface area contributed by atoms with Crippen molar-refractivity contribution in [3.63, 3.8) is 0 Å². The van der Waals surface area contributed by atoms with Crippen LogP contribution in [0.5, 0.6) is 0 Å². The van der Waals surface area contributed by atoms with E-state index in [4.69, 9.17) is 17.4 Å². The maximum absolute atomic E-state index is 12.2. The van der Waals surface area contributed by atoms with Crippen molar-refractivity contribution in [1.82, 2.24) is 4.98 Å². The van der Waals surface area contributed by atoms with Crippen LogP contribution in [0.1, 0.15) is 19.0 Å². The molecule has 0 saturated heterocycles. The summed E-state index contributed by atoms with van der Waals surface area (Å²) in [6.07, 6.45) is 2.88. The van der Waals surface area contributed by atoms with Crippen molar-refractivity contribution in [2.45, 2.75) is 19.8 Å². The summed E-state index contributed by atoms with van der Waals surface area (Å²) in [6, 6.07) is 12.7. The van der Waals surface area contributed by atoms with E-state index in [0.29, 0.717) is 17.1 Å². The minimum atomic E-state index is -0.124. The highest BCUT2D eigenvalue weighted by atomic mass is 35.5. The normalized spacial score (nSPS) is 12.0. The Morgan fingerprint density at radius 3 is 2.62 bits per heavy atom. The molecule has 0 fully saturated rings. The average molecular weight is 304 g/mol. The third-order valence-corrected chi connectivity index (χ3v) is 3.43. The van der Waals surface area contributed by atoms with E-state index in [9.17, 15) is 4.79 Å². The number of hydrazine groups is 1. The Morgan fingerprint density at radius 2 is 2.00 bits per heavy atom. The molecule has 2 rings (SSSR count). The van der Waals surface area contributed by atoms with E-state index in [0.717, 1.165) is 12.1 Å². The molecule has 0 radical (unpaired) electrons. The number of carbonyl (C=O) groups excluding carboxylic acids is 1. The zero-order chi connectivity index (χ0) is 15.2. The molecule has 1 heterocycles. The summed E-state index contributed by atoms with van der Waals surface area (Å²) in [6.45, 7) is 2.02. The molecule has 0 spiro atoms. The molecule has 1 atom stereocenters. The molecule has 1 amide bonds. The fourth-order valence-corrected chi connectivity index (χ4v) is 2.22. The largest absolute Gasteiger partial charge is 0.273 e. The highest BCUT2D eigenvalue weighted by Gasteiger charge is 2.16. The van der Waals surface area contributed by atoms with Crippen LogP contribution in [-0.4, -0.2) is 10.9 Å². The van der Waals surface area contributed by atoms with Crippen molar-refractivity contribution >= 4 is 23.2 Å². The van der Waals surface area contributed by atoms with Crippen LogP contribution in [0.2, 0.25) is 5.02 Å². The molecule has 1 aromatic carbocycles. The molecule has 0 aliphatic carbocycles. The second-order valence-electron chi connectivity index (χ2n) is 5.07. The van der Waals surface area contributed by atoms with Crippen molar-refractivity contribution in [3.05, 3.63) is 59.4 Å². The van der Waals surface area contributed by atoms with Gasteiger partial charge >= 0.3 is 0 Å². The van der Waals surface area contributed by atoms with Crippen LogP contribution >= 0.6 is 11.6 Å². The minimum absolute atomic E-state index is 0.124. The van der Waals surface area contributed by atoms with E-state index in [1.807, 2.05) is 25.1 Å². The number of pyridine rings is 1. The highest BCUT2D eigenvalue weighted by Crippen LogP contribution is 2.18. The van der Waals surface area contributed by atoms with Crippen molar-refractivity contribution in [3.8, 4) is 0 Å². The van der Waals surface area contributed by atoms with Crippen molar-refractivity contribution in [2.24, 2.45) is 11.8 Å². The molecule has 1 unspecified atom stereocenters. The molecule has 0 bridgehead atoms. The van der Waals surface area contributed by atoms with Crippen molar-refractivity contribution in [2.75, 3.05) is 5.01 Å². The number of benzene rings is 1. The maximum Gasteiger partial charge on any atom is 0.241 e. The smallest absolute Gasteiger partial charge is 0.241 e. The number of nitrogens with zero attached hydrogens (tertiary/aromatic N) is 2. The molecule has 4 nitrogen and oxygen atoms in total. The van der Waals surface area contributed by atoms with Gasteiger partial charge in [-0.05, 0) is 48.7 Å². The van der Waals surface area contributed by atoms with Gasteiger partial charge in [-0.2, -0.15) is 0 Å². The number of aromatic nitrogens is 1. The molecule has 0 aliphatic heterocycles. The summed E-state index contributed by atoms with van der Waals surface area (Å²) in [7, 11) is 0. The zero-order valence-corrected chi connectivity index (χ0v) is 12.6. The first-order valence-electron chi connectivity index (χ1n) is 6.79. The van der Waals surface area contributed by atoms with Gasteiger partial charge in [-0.3, -0.25) is 9.78 Å². The number of halogens is 1. The van der Waals surface area contributed by atoms with Crippen LogP contribution in [0, 0.1) is 5.92 Å². The number of amides is 1. The monoisotopic (exact) mass is 303 g/mol. The Balaban J connectivity index is 1.92. The lowest BCUT2D eigenvalue weighted by atomic mass is 10.0. The topological polar surface area (TPSA) is 59.2 Å². The van der Waals surface area contributed by atoms with Gasteiger partial charge in [-0.15, -0.1) is 0 Å². The van der Waals surface area contributed by atoms with Gasteiger partial charge < -0.3 is 0 Å². The van der Waals surface area contributed by atoms with Crippen LogP contribution in [-0.2, 0) is 11.2 Å². The lowest BCUT2D eigenvalue weighted by molar-refractivity contribution is -0.119. The van der Waals surface area contributed by atoms with Crippen LogP contribution in [0.3, 0.4) is 0 Å². The number of carbonyl (C=O) groups is 1. The highest BCUT2D eigenvalue weighted by molar-refractivity contribution is 6.30. The molecule has 1 aromatic heterocycles. The van der Waals surface area contributed by atoms with Crippen molar-refractivity contribution < 1.29 is 4.79 Å². The van der Waals surface area contributed by atoms with Gasteiger partial charge in [-0.25, -0.2) is 10.9 Å². The van der Waals surface area contributed by atoms with Crippen molar-refractivity contribution in [1.29, 1.82) is 0 Å². The summed E-state index contributed by atoms with van der Waals surface area (Å²) in [4.78, 5) is 16.4. The predicted molar refractivity (Wildman–Crippen MR) is 84.8 cm³/mol. The molecule has 21 heavy (non-hydrogen) atoms. The molecule has 2 aromatic rings. The van der Waals surface area contributed by atoms with Gasteiger partial charge in [0.15, 0.2) is 0 Å². The van der Waals surface area contributed by atoms with Crippen LogP contribution < -0.4 is 10.9 Å². The summed E-state index contributed by atoms with van der Waals surface area (Å²) in [5.74, 6) is 5.90. The first-order valence-corrected chi connectivity index (χ1v) is 7.17. The summed E-state index contributed by atoms with van der Waals surface area (Å²) >= 11 is 5.82. The number of anilines is 1. The molecule has 0 saturated carbocycles. The average Bonchev–Trinajstić information content (AvgIpc) is 2.48. The van der Waals surface area contributed by atoms with E-state index in [-0.39, 0.29) is 11.8 Å². The fraction of sp³-hybridized carbons (Fsp3) is 0.250. The van der Waals surface area contributed by atoms with Gasteiger partial charge in [0, 0.05) is 23.3 Å². The maximum atomic E-state index is 12.2. The van der Waals surface area contributed by atoms with Crippen LogP contribution in [0.4, 0.5) is 5.69 Å². The third kappa shape index (κ3) is 4.55. The van der Waals surface area contributed by atoms with E-state index in [1.165, 1.54) is 5.01 Å². The summed E-state index contributed by atoms with van der Waals surface area (Å²) in [5.41, 5.74) is 1.61. The molecule has 5 heteroatoms. The summed E-state index contributed by atoms with van der Waals surface area (Å²) < 4.78 is 0. The Bertz CT molecular complexity index is 586.